The first-order chi connectivity index (χ1) is 14.0. The van der Waals surface area contributed by atoms with Gasteiger partial charge in [0.2, 0.25) is 0 Å². The second kappa shape index (κ2) is 7.82. The Hall–Kier alpha value is -2.95. The highest BCUT2D eigenvalue weighted by molar-refractivity contribution is 6.04. The molecule has 150 valence electrons. The van der Waals surface area contributed by atoms with Gasteiger partial charge in [-0.1, -0.05) is 61.4 Å². The van der Waals surface area contributed by atoms with Crippen LogP contribution in [-0.2, 0) is 5.41 Å². The minimum absolute atomic E-state index is 0.0286. The summed E-state index contributed by atoms with van der Waals surface area (Å²) in [5, 5.41) is 8.71. The van der Waals surface area contributed by atoms with Crippen LogP contribution in [0.3, 0.4) is 0 Å². The van der Waals surface area contributed by atoms with Gasteiger partial charge in [0.05, 0.1) is 11.4 Å². The molecule has 0 atom stereocenters. The molecule has 3 aromatic rings. The Kier molecular flexibility index (Phi) is 5.22. The standard InChI is InChI=1S/C24H27N3O2/c1-17(2)27-23(29)20-13-7-6-12-19(20)21(26-27)22(28)25-16-24(14-8-9-15-24)18-10-4-3-5-11-18/h3-7,10-13,17H,8-9,14-16H2,1-2H3,(H,25,28). The fourth-order valence-corrected chi connectivity index (χ4v) is 4.47. The van der Waals surface area contributed by atoms with E-state index in [9.17, 15) is 9.59 Å². The molecule has 0 unspecified atom stereocenters. The fourth-order valence-electron chi connectivity index (χ4n) is 4.47. The van der Waals surface area contributed by atoms with Gasteiger partial charge >= 0.3 is 0 Å². The zero-order chi connectivity index (χ0) is 20.4. The molecule has 1 heterocycles. The van der Waals surface area contributed by atoms with E-state index in [0.717, 1.165) is 12.8 Å². The van der Waals surface area contributed by atoms with Crippen LogP contribution in [0, 0.1) is 0 Å². The number of benzene rings is 2. The van der Waals surface area contributed by atoms with E-state index in [-0.39, 0.29) is 22.9 Å². The van der Waals surface area contributed by atoms with Crippen molar-refractivity contribution in [3.63, 3.8) is 0 Å². The summed E-state index contributed by atoms with van der Waals surface area (Å²) < 4.78 is 1.40. The van der Waals surface area contributed by atoms with Crippen molar-refractivity contribution in [2.45, 2.75) is 51.0 Å². The van der Waals surface area contributed by atoms with Gasteiger partial charge in [-0.3, -0.25) is 9.59 Å². The van der Waals surface area contributed by atoms with E-state index in [1.807, 2.05) is 32.0 Å². The SMILES string of the molecule is CC(C)n1nc(C(=O)NCC2(c3ccccc3)CCCC2)c2ccccc2c1=O. The lowest BCUT2D eigenvalue weighted by atomic mass is 9.79. The number of amides is 1. The predicted molar refractivity (Wildman–Crippen MR) is 115 cm³/mol. The molecule has 0 aliphatic heterocycles. The quantitative estimate of drug-likeness (QED) is 0.711. The summed E-state index contributed by atoms with van der Waals surface area (Å²) in [5.74, 6) is -0.224. The van der Waals surface area contributed by atoms with Gasteiger partial charge in [0, 0.05) is 17.3 Å². The largest absolute Gasteiger partial charge is 0.350 e. The van der Waals surface area contributed by atoms with E-state index in [4.69, 9.17) is 0 Å². The van der Waals surface area contributed by atoms with Crippen LogP contribution in [0.5, 0.6) is 0 Å². The van der Waals surface area contributed by atoms with Crippen LogP contribution in [0.2, 0.25) is 0 Å². The van der Waals surface area contributed by atoms with Crippen molar-refractivity contribution in [3.05, 3.63) is 76.2 Å². The van der Waals surface area contributed by atoms with E-state index in [0.29, 0.717) is 23.0 Å². The smallest absolute Gasteiger partial charge is 0.274 e. The maximum absolute atomic E-state index is 13.2. The Bertz CT molecular complexity index is 1080. The Morgan fingerprint density at radius 2 is 1.66 bits per heavy atom. The number of hydrogen-bond donors (Lipinski definition) is 1. The van der Waals surface area contributed by atoms with Crippen molar-refractivity contribution >= 4 is 16.7 Å². The average Bonchev–Trinajstić information content (AvgIpc) is 3.23. The summed E-state index contributed by atoms with van der Waals surface area (Å²) in [5.41, 5.74) is 1.40. The summed E-state index contributed by atoms with van der Waals surface area (Å²) in [7, 11) is 0. The predicted octanol–water partition coefficient (Wildman–Crippen LogP) is 4.22. The summed E-state index contributed by atoms with van der Waals surface area (Å²) >= 11 is 0. The third kappa shape index (κ3) is 3.57. The number of nitrogens with one attached hydrogen (secondary N) is 1. The van der Waals surface area contributed by atoms with Crippen LogP contribution >= 0.6 is 0 Å². The van der Waals surface area contributed by atoms with E-state index in [2.05, 4.69) is 34.7 Å². The first kappa shape index (κ1) is 19.4. The van der Waals surface area contributed by atoms with Crippen molar-refractivity contribution in [2.75, 3.05) is 6.54 Å². The lowest BCUT2D eigenvalue weighted by molar-refractivity contribution is 0.0937. The number of rotatable bonds is 5. The average molecular weight is 389 g/mol. The Labute approximate surface area is 170 Å². The van der Waals surface area contributed by atoms with Crippen LogP contribution in [0.25, 0.3) is 10.8 Å². The zero-order valence-electron chi connectivity index (χ0n) is 17.0. The molecule has 1 aliphatic carbocycles. The van der Waals surface area contributed by atoms with E-state index < -0.39 is 0 Å². The van der Waals surface area contributed by atoms with Crippen LogP contribution in [0.15, 0.2) is 59.4 Å². The monoisotopic (exact) mass is 389 g/mol. The van der Waals surface area contributed by atoms with Gasteiger partial charge in [-0.2, -0.15) is 5.10 Å². The normalized spacial score (nSPS) is 15.7. The summed E-state index contributed by atoms with van der Waals surface area (Å²) in [6.07, 6.45) is 4.47. The lowest BCUT2D eigenvalue weighted by Crippen LogP contribution is -2.40. The van der Waals surface area contributed by atoms with Gasteiger partial charge in [-0.05, 0) is 38.3 Å². The number of carbonyl (C=O) groups is 1. The van der Waals surface area contributed by atoms with Gasteiger partial charge in [-0.25, -0.2) is 4.68 Å². The minimum atomic E-state index is -0.224. The number of fused-ring (bicyclic) bond motifs is 1. The van der Waals surface area contributed by atoms with Crippen LogP contribution < -0.4 is 10.9 Å². The number of hydrogen-bond acceptors (Lipinski definition) is 3. The Balaban J connectivity index is 1.68. The van der Waals surface area contributed by atoms with E-state index in [1.54, 1.807) is 12.1 Å². The van der Waals surface area contributed by atoms with Gasteiger partial charge < -0.3 is 5.32 Å². The molecule has 5 nitrogen and oxygen atoms in total. The minimum Gasteiger partial charge on any atom is -0.350 e. The summed E-state index contributed by atoms with van der Waals surface area (Å²) in [6.45, 7) is 4.37. The van der Waals surface area contributed by atoms with E-state index >= 15 is 0 Å². The molecule has 29 heavy (non-hydrogen) atoms. The molecule has 0 bridgehead atoms. The van der Waals surface area contributed by atoms with Gasteiger partial charge in [0.15, 0.2) is 5.69 Å². The molecule has 1 aromatic heterocycles. The molecule has 5 heteroatoms. The number of nitrogens with zero attached hydrogens (tertiary/aromatic N) is 2. The number of aromatic nitrogens is 2. The summed E-state index contributed by atoms with van der Waals surface area (Å²) in [4.78, 5) is 25.9. The fraction of sp³-hybridized carbons (Fsp3) is 0.375. The first-order valence-corrected chi connectivity index (χ1v) is 10.4. The van der Waals surface area contributed by atoms with Crippen molar-refractivity contribution in [2.24, 2.45) is 0 Å². The van der Waals surface area contributed by atoms with Crippen LogP contribution in [0.1, 0.15) is 61.6 Å². The topological polar surface area (TPSA) is 64.0 Å². The molecule has 0 radical (unpaired) electrons. The highest BCUT2D eigenvalue weighted by Gasteiger charge is 2.36. The Morgan fingerprint density at radius 1 is 1.03 bits per heavy atom. The highest BCUT2D eigenvalue weighted by Crippen LogP contribution is 2.40. The van der Waals surface area contributed by atoms with Gasteiger partial charge in [0.25, 0.3) is 11.5 Å². The second-order valence-electron chi connectivity index (χ2n) is 8.27. The molecular formula is C24H27N3O2. The Morgan fingerprint density at radius 3 is 2.31 bits per heavy atom. The number of carbonyl (C=O) groups excluding carboxylic acids is 1. The first-order valence-electron chi connectivity index (χ1n) is 10.4. The van der Waals surface area contributed by atoms with Crippen molar-refractivity contribution in [1.29, 1.82) is 0 Å². The maximum Gasteiger partial charge on any atom is 0.274 e. The van der Waals surface area contributed by atoms with Crippen LogP contribution in [-0.4, -0.2) is 22.2 Å². The molecule has 1 aliphatic rings. The molecule has 0 saturated heterocycles. The molecule has 1 fully saturated rings. The third-order valence-electron chi connectivity index (χ3n) is 6.07. The van der Waals surface area contributed by atoms with Crippen molar-refractivity contribution in [1.82, 2.24) is 15.1 Å². The maximum atomic E-state index is 13.2. The molecular weight excluding hydrogens is 362 g/mol. The van der Waals surface area contributed by atoms with Crippen LogP contribution in [0.4, 0.5) is 0 Å². The molecule has 1 N–H and O–H groups in total. The highest BCUT2D eigenvalue weighted by atomic mass is 16.2. The van der Waals surface area contributed by atoms with Gasteiger partial charge in [0.1, 0.15) is 0 Å². The zero-order valence-corrected chi connectivity index (χ0v) is 17.0. The third-order valence-corrected chi connectivity index (χ3v) is 6.07. The van der Waals surface area contributed by atoms with Gasteiger partial charge in [-0.15, -0.1) is 0 Å². The van der Waals surface area contributed by atoms with E-state index in [1.165, 1.54) is 23.1 Å². The molecule has 0 spiro atoms. The molecule has 2 aromatic carbocycles. The molecule has 1 saturated carbocycles. The van der Waals surface area contributed by atoms with Crippen molar-refractivity contribution in [3.8, 4) is 0 Å². The molecule has 4 rings (SSSR count). The molecule has 1 amide bonds. The van der Waals surface area contributed by atoms with Crippen molar-refractivity contribution < 1.29 is 4.79 Å². The summed E-state index contributed by atoms with van der Waals surface area (Å²) in [6, 6.07) is 17.5. The lowest BCUT2D eigenvalue weighted by Gasteiger charge is -2.30. The second-order valence-corrected chi connectivity index (χ2v) is 8.27.